The number of halogens is 1. The maximum Gasteiger partial charge on any atom is 0.325 e. The molecule has 10 nitrogen and oxygen atoms in total. The van der Waals surface area contributed by atoms with Gasteiger partial charge in [-0.2, -0.15) is 0 Å². The normalized spacial score (nSPS) is 19.0. The lowest BCUT2D eigenvalue weighted by atomic mass is 10.0. The van der Waals surface area contributed by atoms with Crippen molar-refractivity contribution < 1.29 is 33.7 Å². The van der Waals surface area contributed by atoms with Crippen LogP contribution in [-0.2, 0) is 25.7 Å². The average molecular weight is 462 g/mol. The van der Waals surface area contributed by atoms with E-state index >= 15 is 0 Å². The molecule has 2 aliphatic heterocycles. The Morgan fingerprint density at radius 3 is 2.33 bits per heavy atom. The molecule has 2 N–H and O–H groups in total. The van der Waals surface area contributed by atoms with E-state index in [9.17, 15) is 29.0 Å². The van der Waals surface area contributed by atoms with E-state index in [1.807, 2.05) is 4.90 Å². The van der Waals surface area contributed by atoms with Gasteiger partial charge in [-0.3, -0.25) is 24.2 Å². The van der Waals surface area contributed by atoms with Crippen LogP contribution in [0.4, 0.5) is 4.39 Å². The molecule has 2 aliphatic rings. The van der Waals surface area contributed by atoms with E-state index in [0.29, 0.717) is 68.9 Å². The molecule has 0 saturated carbocycles. The summed E-state index contributed by atoms with van der Waals surface area (Å²) in [4.78, 5) is 41.7. The zero-order valence-corrected chi connectivity index (χ0v) is 18.2. The summed E-state index contributed by atoms with van der Waals surface area (Å²) in [6, 6.07) is 2.94. The monoisotopic (exact) mass is 462 g/mol. The Kier molecular flexibility index (Phi) is 6.91. The van der Waals surface area contributed by atoms with Crippen LogP contribution in [0.5, 0.6) is 0 Å². The SMILES string of the molecule is O=C(O)Cn1cc([C@H](C(=O)O)N2CCN(CC(=O)N3CCOCC3)CC2)c2ccc(F)cc21. The minimum absolute atomic E-state index is 0.0419. The fourth-order valence-corrected chi connectivity index (χ4v) is 4.56. The Morgan fingerprint density at radius 2 is 1.70 bits per heavy atom. The molecule has 2 fully saturated rings. The third kappa shape index (κ3) is 5.15. The van der Waals surface area contributed by atoms with Crippen molar-refractivity contribution in [2.24, 2.45) is 0 Å². The van der Waals surface area contributed by atoms with Gasteiger partial charge in [-0.05, 0) is 18.2 Å². The van der Waals surface area contributed by atoms with Gasteiger partial charge in [0.15, 0.2) is 0 Å². The molecule has 0 bridgehead atoms. The molecule has 2 aromatic rings. The molecule has 0 spiro atoms. The number of aromatic nitrogens is 1. The fraction of sp³-hybridized carbons (Fsp3) is 0.500. The number of aliphatic carboxylic acids is 2. The molecule has 0 radical (unpaired) electrons. The highest BCUT2D eigenvalue weighted by Gasteiger charge is 2.33. The van der Waals surface area contributed by atoms with Crippen molar-refractivity contribution in [2.45, 2.75) is 12.6 Å². The Morgan fingerprint density at radius 1 is 1.00 bits per heavy atom. The number of carboxylic acid groups (broad SMARTS) is 2. The molecule has 1 aromatic heterocycles. The van der Waals surface area contributed by atoms with Gasteiger partial charge < -0.3 is 24.4 Å². The summed E-state index contributed by atoms with van der Waals surface area (Å²) < 4.78 is 20.5. The molecule has 11 heteroatoms. The number of amides is 1. The minimum Gasteiger partial charge on any atom is -0.480 e. The number of rotatable bonds is 7. The van der Waals surface area contributed by atoms with E-state index < -0.39 is 30.3 Å². The van der Waals surface area contributed by atoms with E-state index in [1.54, 1.807) is 9.80 Å². The number of hydrogen-bond donors (Lipinski definition) is 2. The average Bonchev–Trinajstić information content (AvgIpc) is 3.11. The van der Waals surface area contributed by atoms with Crippen LogP contribution < -0.4 is 0 Å². The van der Waals surface area contributed by atoms with Gasteiger partial charge >= 0.3 is 11.9 Å². The van der Waals surface area contributed by atoms with Crippen molar-refractivity contribution in [3.8, 4) is 0 Å². The number of fused-ring (bicyclic) bond motifs is 1. The van der Waals surface area contributed by atoms with Crippen molar-refractivity contribution >= 4 is 28.7 Å². The molecular formula is C22H27FN4O6. The summed E-state index contributed by atoms with van der Waals surface area (Å²) in [5.74, 6) is -2.65. The first-order valence-corrected chi connectivity index (χ1v) is 10.9. The highest BCUT2D eigenvalue weighted by atomic mass is 19.1. The number of piperazine rings is 1. The Balaban J connectivity index is 1.50. The lowest BCUT2D eigenvalue weighted by Crippen LogP contribution is -2.52. The number of carboxylic acids is 2. The Labute approximate surface area is 189 Å². The number of hydrogen-bond acceptors (Lipinski definition) is 6. The number of benzene rings is 1. The van der Waals surface area contributed by atoms with Crippen LogP contribution in [0.2, 0.25) is 0 Å². The van der Waals surface area contributed by atoms with Crippen LogP contribution in [0, 0.1) is 5.82 Å². The van der Waals surface area contributed by atoms with Crippen molar-refractivity contribution in [3.05, 3.63) is 35.8 Å². The molecule has 1 amide bonds. The predicted molar refractivity (Wildman–Crippen MR) is 115 cm³/mol. The molecule has 2 saturated heterocycles. The van der Waals surface area contributed by atoms with Crippen molar-refractivity contribution in [3.63, 3.8) is 0 Å². The van der Waals surface area contributed by atoms with Gasteiger partial charge in [-0.25, -0.2) is 4.39 Å². The first-order chi connectivity index (χ1) is 15.8. The summed E-state index contributed by atoms with van der Waals surface area (Å²) in [6.07, 6.45) is 1.49. The lowest BCUT2D eigenvalue weighted by Gasteiger charge is -2.38. The third-order valence-electron chi connectivity index (χ3n) is 6.20. The van der Waals surface area contributed by atoms with Gasteiger partial charge in [0, 0.05) is 56.4 Å². The van der Waals surface area contributed by atoms with E-state index in [-0.39, 0.29) is 12.5 Å². The van der Waals surface area contributed by atoms with Gasteiger partial charge in [0.1, 0.15) is 18.4 Å². The first kappa shape index (κ1) is 23.1. The summed E-state index contributed by atoms with van der Waals surface area (Å²) in [5, 5.41) is 19.8. The lowest BCUT2D eigenvalue weighted by molar-refractivity contribution is -0.145. The van der Waals surface area contributed by atoms with E-state index in [2.05, 4.69) is 0 Å². The van der Waals surface area contributed by atoms with Crippen LogP contribution >= 0.6 is 0 Å². The molecule has 0 aliphatic carbocycles. The number of carbonyl (C=O) groups is 3. The van der Waals surface area contributed by atoms with Crippen LogP contribution in [0.1, 0.15) is 11.6 Å². The van der Waals surface area contributed by atoms with Crippen LogP contribution in [0.25, 0.3) is 10.9 Å². The smallest absolute Gasteiger partial charge is 0.325 e. The Hall–Kier alpha value is -3.02. The van der Waals surface area contributed by atoms with Gasteiger partial charge in [-0.15, -0.1) is 0 Å². The maximum atomic E-state index is 13.8. The number of carbonyl (C=O) groups excluding carboxylic acids is 1. The first-order valence-electron chi connectivity index (χ1n) is 10.9. The van der Waals surface area contributed by atoms with E-state index in [0.717, 1.165) is 0 Å². The summed E-state index contributed by atoms with van der Waals surface area (Å²) in [5.41, 5.74) is 0.769. The number of ether oxygens (including phenoxy) is 1. The standard InChI is InChI=1S/C22H27FN4O6/c23-15-1-2-16-17(12-27(14-20(29)30)18(16)11-15)21(22(31)32)26-5-3-24(4-6-26)13-19(28)25-7-9-33-10-8-25/h1-2,11-12,21H,3-10,13-14H2,(H,29,30)(H,31,32)/t21-/m1/s1. The summed E-state index contributed by atoms with van der Waals surface area (Å²) >= 11 is 0. The molecule has 33 heavy (non-hydrogen) atoms. The van der Waals surface area contributed by atoms with Crippen LogP contribution in [-0.4, -0.2) is 106 Å². The Bertz CT molecular complexity index is 1040. The highest BCUT2D eigenvalue weighted by molar-refractivity contribution is 5.90. The minimum atomic E-state index is -1.10. The molecule has 178 valence electrons. The van der Waals surface area contributed by atoms with E-state index in [4.69, 9.17) is 4.74 Å². The van der Waals surface area contributed by atoms with Crippen molar-refractivity contribution in [2.75, 3.05) is 59.0 Å². The number of nitrogens with zero attached hydrogens (tertiary/aromatic N) is 4. The van der Waals surface area contributed by atoms with E-state index in [1.165, 1.54) is 29.0 Å². The molecule has 1 aromatic carbocycles. The van der Waals surface area contributed by atoms with Crippen molar-refractivity contribution in [1.29, 1.82) is 0 Å². The molecule has 3 heterocycles. The predicted octanol–water partition coefficient (Wildman–Crippen LogP) is 0.467. The zero-order valence-electron chi connectivity index (χ0n) is 18.2. The third-order valence-corrected chi connectivity index (χ3v) is 6.20. The molecule has 1 atom stereocenters. The van der Waals surface area contributed by atoms with Crippen LogP contribution in [0.3, 0.4) is 0 Å². The summed E-state index contributed by atoms with van der Waals surface area (Å²) in [7, 11) is 0. The molecular weight excluding hydrogens is 435 g/mol. The van der Waals surface area contributed by atoms with Gasteiger partial charge in [0.05, 0.1) is 25.3 Å². The summed E-state index contributed by atoms with van der Waals surface area (Å²) in [6.45, 7) is 4.05. The van der Waals surface area contributed by atoms with Gasteiger partial charge in [0.2, 0.25) is 5.91 Å². The fourth-order valence-electron chi connectivity index (χ4n) is 4.56. The second-order valence-corrected chi connectivity index (χ2v) is 8.31. The largest absolute Gasteiger partial charge is 0.480 e. The zero-order chi connectivity index (χ0) is 23.5. The second-order valence-electron chi connectivity index (χ2n) is 8.31. The maximum absolute atomic E-state index is 13.8. The quantitative estimate of drug-likeness (QED) is 0.610. The highest BCUT2D eigenvalue weighted by Crippen LogP contribution is 2.32. The topological polar surface area (TPSA) is 116 Å². The molecule has 4 rings (SSSR count). The van der Waals surface area contributed by atoms with Crippen molar-refractivity contribution in [1.82, 2.24) is 19.3 Å². The molecule has 0 unspecified atom stereocenters. The van der Waals surface area contributed by atoms with Gasteiger partial charge in [-0.1, -0.05) is 0 Å². The van der Waals surface area contributed by atoms with Crippen LogP contribution in [0.15, 0.2) is 24.4 Å². The second kappa shape index (κ2) is 9.86. The van der Waals surface area contributed by atoms with Gasteiger partial charge in [0.25, 0.3) is 0 Å². The number of morpholine rings is 1.